The van der Waals surface area contributed by atoms with Crippen LogP contribution in [0.25, 0.3) is 0 Å². The first kappa shape index (κ1) is 14.0. The van der Waals surface area contributed by atoms with Crippen molar-refractivity contribution < 1.29 is 9.59 Å². The predicted octanol–water partition coefficient (Wildman–Crippen LogP) is 0.451. The normalized spacial score (nSPS) is 36.6. The fraction of sp³-hybridized carbons (Fsp3) is 0.818. The molecule has 6 heteroatoms. The maximum atomic E-state index is 11.6. The van der Waals surface area contributed by atoms with E-state index in [1.54, 1.807) is 6.92 Å². The van der Waals surface area contributed by atoms with Crippen molar-refractivity contribution in [1.82, 2.24) is 10.6 Å². The highest BCUT2D eigenvalue weighted by atomic mass is 16.2. The van der Waals surface area contributed by atoms with Gasteiger partial charge in [0, 0.05) is 18.5 Å². The summed E-state index contributed by atoms with van der Waals surface area (Å²) >= 11 is 0. The van der Waals surface area contributed by atoms with Gasteiger partial charge in [0.25, 0.3) is 0 Å². The van der Waals surface area contributed by atoms with Gasteiger partial charge in [-0.2, -0.15) is 0 Å². The first-order valence-corrected chi connectivity index (χ1v) is 5.86. The summed E-state index contributed by atoms with van der Waals surface area (Å²) < 4.78 is 0. The fourth-order valence-electron chi connectivity index (χ4n) is 2.35. The summed E-state index contributed by atoms with van der Waals surface area (Å²) in [5, 5.41) is 4.44. The lowest BCUT2D eigenvalue weighted by molar-refractivity contribution is -0.121. The molecular formula is C11H20BN3O2. The Bertz CT molecular complexity index is 316. The molecule has 1 rings (SSSR count). The molecule has 1 fully saturated rings. The zero-order valence-electron chi connectivity index (χ0n) is 10.5. The number of amides is 3. The Morgan fingerprint density at radius 3 is 2.65 bits per heavy atom. The second-order valence-electron chi connectivity index (χ2n) is 5.57. The van der Waals surface area contributed by atoms with Crippen molar-refractivity contribution in [1.29, 1.82) is 0 Å². The summed E-state index contributed by atoms with van der Waals surface area (Å²) in [6, 6.07) is -0.466. The van der Waals surface area contributed by atoms with Crippen LogP contribution in [0, 0.1) is 0 Å². The van der Waals surface area contributed by atoms with Gasteiger partial charge in [-0.3, -0.25) is 10.1 Å². The number of rotatable bonds is 0. The number of nitrogens with one attached hydrogen (secondary N) is 2. The van der Waals surface area contributed by atoms with Gasteiger partial charge >= 0.3 is 6.03 Å². The molecule has 0 aromatic heterocycles. The molecule has 0 aliphatic carbocycles. The monoisotopic (exact) mass is 237 g/mol. The van der Waals surface area contributed by atoms with Gasteiger partial charge in [-0.25, -0.2) is 4.79 Å². The van der Waals surface area contributed by atoms with E-state index in [1.165, 1.54) is 0 Å². The van der Waals surface area contributed by atoms with E-state index in [-0.39, 0.29) is 12.3 Å². The molecule has 1 heterocycles. The van der Waals surface area contributed by atoms with Crippen LogP contribution in [0.15, 0.2) is 0 Å². The molecule has 0 bridgehead atoms. The lowest BCUT2D eigenvalue weighted by Gasteiger charge is -2.34. The Morgan fingerprint density at radius 2 is 2.00 bits per heavy atom. The number of hydrogen-bond acceptors (Lipinski definition) is 3. The highest BCUT2D eigenvalue weighted by molar-refractivity contribution is 6.15. The molecule has 0 spiro atoms. The molecule has 94 valence electrons. The zero-order chi connectivity index (χ0) is 13.1. The Balaban J connectivity index is 2.77. The van der Waals surface area contributed by atoms with Gasteiger partial charge in [-0.05, 0) is 19.8 Å². The molecule has 1 saturated heterocycles. The molecule has 0 aromatic rings. The van der Waals surface area contributed by atoms with Gasteiger partial charge in [0.2, 0.25) is 5.91 Å². The van der Waals surface area contributed by atoms with E-state index < -0.39 is 16.9 Å². The van der Waals surface area contributed by atoms with Gasteiger partial charge in [0.05, 0.1) is 7.85 Å². The molecule has 2 radical (unpaired) electrons. The zero-order valence-corrected chi connectivity index (χ0v) is 10.5. The molecular weight excluding hydrogens is 217 g/mol. The third-order valence-electron chi connectivity index (χ3n) is 2.84. The van der Waals surface area contributed by atoms with Crippen LogP contribution in [0.1, 0.15) is 39.5 Å². The van der Waals surface area contributed by atoms with Crippen LogP contribution >= 0.6 is 0 Å². The molecule has 2 atom stereocenters. The second kappa shape index (κ2) is 5.08. The number of carbonyl (C=O) groups is 2. The van der Waals surface area contributed by atoms with Crippen LogP contribution in [-0.2, 0) is 4.79 Å². The van der Waals surface area contributed by atoms with E-state index in [1.807, 2.05) is 6.92 Å². The average molecular weight is 237 g/mol. The number of urea groups is 1. The minimum absolute atomic E-state index is 0.0905. The largest absolute Gasteiger partial charge is 0.338 e. The quantitative estimate of drug-likeness (QED) is 0.535. The van der Waals surface area contributed by atoms with Crippen molar-refractivity contribution >= 4 is 19.8 Å². The molecule has 1 aliphatic heterocycles. The molecule has 4 N–H and O–H groups in total. The summed E-state index contributed by atoms with van der Waals surface area (Å²) in [5.74, 6) is -0.370. The van der Waals surface area contributed by atoms with E-state index in [0.29, 0.717) is 13.0 Å². The summed E-state index contributed by atoms with van der Waals surface area (Å²) in [7, 11) is 6.15. The lowest BCUT2D eigenvalue weighted by Crippen LogP contribution is -2.46. The Kier molecular flexibility index (Phi) is 4.19. The number of nitrogens with two attached hydrogens (primary N) is 1. The van der Waals surface area contributed by atoms with Crippen molar-refractivity contribution in [3.63, 3.8) is 0 Å². The molecule has 0 aromatic carbocycles. The maximum Gasteiger partial charge on any atom is 0.321 e. The molecule has 17 heavy (non-hydrogen) atoms. The third-order valence-corrected chi connectivity index (χ3v) is 2.84. The van der Waals surface area contributed by atoms with Gasteiger partial charge in [0.1, 0.15) is 0 Å². The minimum atomic E-state index is -0.696. The van der Waals surface area contributed by atoms with Crippen LogP contribution in [0.5, 0.6) is 0 Å². The topological polar surface area (TPSA) is 84.2 Å². The van der Waals surface area contributed by atoms with Crippen molar-refractivity contribution in [2.24, 2.45) is 5.73 Å². The fourth-order valence-corrected chi connectivity index (χ4v) is 2.35. The van der Waals surface area contributed by atoms with E-state index >= 15 is 0 Å². The lowest BCUT2D eigenvalue weighted by atomic mass is 9.61. The van der Waals surface area contributed by atoms with E-state index in [2.05, 4.69) is 10.6 Å². The summed E-state index contributed by atoms with van der Waals surface area (Å²) in [4.78, 5) is 22.8. The first-order chi connectivity index (χ1) is 7.70. The smallest absolute Gasteiger partial charge is 0.321 e. The Morgan fingerprint density at radius 1 is 1.35 bits per heavy atom. The SMILES string of the molecule is [B]C1(C)CCCNC(=O)NC(=O)CC(C)(N)C1. The Labute approximate surface area is 103 Å². The van der Waals surface area contributed by atoms with Crippen LogP contribution < -0.4 is 16.4 Å². The maximum absolute atomic E-state index is 11.6. The minimum Gasteiger partial charge on any atom is -0.338 e. The van der Waals surface area contributed by atoms with Crippen LogP contribution in [-0.4, -0.2) is 31.9 Å². The van der Waals surface area contributed by atoms with Gasteiger partial charge in [-0.1, -0.05) is 18.7 Å². The van der Waals surface area contributed by atoms with Crippen molar-refractivity contribution in [2.75, 3.05) is 6.54 Å². The van der Waals surface area contributed by atoms with Crippen molar-refractivity contribution in [2.45, 2.75) is 50.4 Å². The van der Waals surface area contributed by atoms with Crippen molar-refractivity contribution in [3.8, 4) is 0 Å². The van der Waals surface area contributed by atoms with E-state index in [9.17, 15) is 9.59 Å². The van der Waals surface area contributed by atoms with Gasteiger partial charge < -0.3 is 11.1 Å². The molecule has 3 amide bonds. The van der Waals surface area contributed by atoms with E-state index in [4.69, 9.17) is 13.6 Å². The van der Waals surface area contributed by atoms with Crippen LogP contribution in [0.4, 0.5) is 4.79 Å². The highest BCUT2D eigenvalue weighted by Gasteiger charge is 2.31. The van der Waals surface area contributed by atoms with E-state index in [0.717, 1.165) is 12.8 Å². The second-order valence-corrected chi connectivity index (χ2v) is 5.57. The van der Waals surface area contributed by atoms with Crippen LogP contribution in [0.3, 0.4) is 0 Å². The van der Waals surface area contributed by atoms with Gasteiger partial charge in [-0.15, -0.1) is 0 Å². The molecule has 1 aliphatic rings. The van der Waals surface area contributed by atoms with Crippen LogP contribution in [0.2, 0.25) is 5.31 Å². The molecule has 2 unspecified atom stereocenters. The Hall–Kier alpha value is -1.04. The standard InChI is InChI=1S/C11H20BN3O2/c1-10(12)4-3-5-14-9(17)15-8(16)6-11(2,13)7-10/h3-7,13H2,1-2H3,(H2,14,15,16,17). The van der Waals surface area contributed by atoms with Crippen molar-refractivity contribution in [3.05, 3.63) is 0 Å². The predicted molar refractivity (Wildman–Crippen MR) is 66.7 cm³/mol. The number of carbonyl (C=O) groups excluding carboxylic acids is 2. The molecule has 5 nitrogen and oxygen atoms in total. The highest BCUT2D eigenvalue weighted by Crippen LogP contribution is 2.36. The van der Waals surface area contributed by atoms with Gasteiger partial charge in [0.15, 0.2) is 0 Å². The summed E-state index contributed by atoms with van der Waals surface area (Å²) in [6.45, 7) is 4.22. The third kappa shape index (κ3) is 5.21. The number of hydrogen-bond donors (Lipinski definition) is 3. The summed E-state index contributed by atoms with van der Waals surface area (Å²) in [5.41, 5.74) is 5.36. The number of imide groups is 1. The summed E-state index contributed by atoms with van der Waals surface area (Å²) in [6.07, 6.45) is 2.16. The first-order valence-electron chi connectivity index (χ1n) is 5.86. The average Bonchev–Trinajstić information content (AvgIpc) is 2.08. The molecule has 0 saturated carbocycles.